The minimum atomic E-state index is 0.593. The van der Waals surface area contributed by atoms with Crippen LogP contribution in [0.4, 0.5) is 17.6 Å². The molecule has 3 N–H and O–H groups in total. The van der Waals surface area contributed by atoms with Crippen molar-refractivity contribution in [3.63, 3.8) is 0 Å². The molecule has 0 saturated heterocycles. The Bertz CT molecular complexity index is 1160. The minimum absolute atomic E-state index is 0.593. The summed E-state index contributed by atoms with van der Waals surface area (Å²) >= 11 is 5.31. The van der Waals surface area contributed by atoms with Gasteiger partial charge in [-0.3, -0.25) is 5.10 Å². The zero-order valence-corrected chi connectivity index (χ0v) is 18.6. The molecule has 0 amide bonds. The first-order valence-corrected chi connectivity index (χ1v) is 11.9. The van der Waals surface area contributed by atoms with Crippen LogP contribution in [0, 0.1) is 11.8 Å². The lowest BCUT2D eigenvalue weighted by Crippen LogP contribution is -2.05. The smallest absolute Gasteiger partial charge is 0.224 e. The summed E-state index contributed by atoms with van der Waals surface area (Å²) in [6.45, 7) is 0.706. The number of hydrogen-bond donors (Lipinski definition) is 3. The molecule has 3 aliphatic rings. The molecule has 2 atom stereocenters. The molecule has 30 heavy (non-hydrogen) atoms. The Hall–Kier alpha value is -2.45. The highest BCUT2D eigenvalue weighted by Gasteiger charge is 2.39. The van der Waals surface area contributed by atoms with E-state index in [2.05, 4.69) is 82.5 Å². The SMILES string of the molecule is Brc1cnc(NCc2cc(C3=CC=CC4CC34)cs2)nc1Nc1cc(C2CC2)[nH]n1. The third-order valence-corrected chi connectivity index (χ3v) is 7.40. The van der Waals surface area contributed by atoms with Gasteiger partial charge in [0.15, 0.2) is 11.6 Å². The topological polar surface area (TPSA) is 78.5 Å². The highest BCUT2D eigenvalue weighted by Crippen LogP contribution is 2.51. The minimum Gasteiger partial charge on any atom is -0.349 e. The fourth-order valence-corrected chi connectivity index (χ4v) is 5.10. The van der Waals surface area contributed by atoms with Gasteiger partial charge in [0.1, 0.15) is 0 Å². The maximum atomic E-state index is 4.62. The maximum Gasteiger partial charge on any atom is 0.224 e. The van der Waals surface area contributed by atoms with Crippen LogP contribution in [0.15, 0.2) is 46.4 Å². The Kier molecular flexibility index (Phi) is 4.49. The van der Waals surface area contributed by atoms with Gasteiger partial charge in [0.05, 0.1) is 11.0 Å². The molecule has 0 bridgehead atoms. The monoisotopic (exact) mass is 480 g/mol. The Labute approximate surface area is 187 Å². The van der Waals surface area contributed by atoms with Crippen molar-refractivity contribution in [2.75, 3.05) is 10.6 Å². The van der Waals surface area contributed by atoms with Crippen LogP contribution in [-0.2, 0) is 6.54 Å². The van der Waals surface area contributed by atoms with E-state index < -0.39 is 0 Å². The number of fused-ring (bicyclic) bond motifs is 1. The summed E-state index contributed by atoms with van der Waals surface area (Å²) in [6, 6.07) is 4.35. The van der Waals surface area contributed by atoms with E-state index in [0.29, 0.717) is 24.2 Å². The lowest BCUT2D eigenvalue weighted by molar-refractivity contribution is 0.966. The van der Waals surface area contributed by atoms with Gasteiger partial charge in [-0.05, 0) is 69.6 Å². The van der Waals surface area contributed by atoms with Gasteiger partial charge >= 0.3 is 0 Å². The van der Waals surface area contributed by atoms with E-state index in [1.54, 1.807) is 17.5 Å². The van der Waals surface area contributed by atoms with Gasteiger partial charge in [-0.1, -0.05) is 18.2 Å². The summed E-state index contributed by atoms with van der Waals surface area (Å²) in [6.07, 6.45) is 12.3. The predicted octanol–water partition coefficient (Wildman–Crippen LogP) is 5.85. The molecule has 3 aromatic rings. The van der Waals surface area contributed by atoms with Gasteiger partial charge < -0.3 is 10.6 Å². The summed E-state index contributed by atoms with van der Waals surface area (Å²) in [4.78, 5) is 10.3. The molecule has 0 aromatic carbocycles. The Balaban J connectivity index is 1.12. The van der Waals surface area contributed by atoms with Crippen LogP contribution in [0.2, 0.25) is 0 Å². The second-order valence-corrected chi connectivity index (χ2v) is 10.0. The van der Waals surface area contributed by atoms with Crippen LogP contribution in [-0.4, -0.2) is 20.2 Å². The average molecular weight is 481 g/mol. The van der Waals surface area contributed by atoms with E-state index >= 15 is 0 Å². The van der Waals surface area contributed by atoms with Crippen molar-refractivity contribution < 1.29 is 0 Å². The third-order valence-electron chi connectivity index (χ3n) is 5.89. The van der Waals surface area contributed by atoms with Crippen LogP contribution in [0.1, 0.15) is 41.3 Å². The molecule has 6 rings (SSSR count). The number of thiophene rings is 1. The number of aromatic nitrogens is 4. The number of rotatable bonds is 7. The predicted molar refractivity (Wildman–Crippen MR) is 124 cm³/mol. The summed E-state index contributed by atoms with van der Waals surface area (Å²) in [5.74, 6) is 4.21. The van der Waals surface area contributed by atoms with E-state index in [4.69, 9.17) is 0 Å². The molecule has 3 heterocycles. The van der Waals surface area contributed by atoms with Crippen molar-refractivity contribution in [3.8, 4) is 0 Å². The van der Waals surface area contributed by atoms with Crippen molar-refractivity contribution in [1.82, 2.24) is 20.2 Å². The zero-order chi connectivity index (χ0) is 20.1. The molecule has 3 aromatic heterocycles. The summed E-state index contributed by atoms with van der Waals surface area (Å²) in [5.41, 5.74) is 4.04. The Morgan fingerprint density at radius 2 is 2.20 bits per heavy atom. The van der Waals surface area contributed by atoms with E-state index in [0.717, 1.165) is 22.1 Å². The highest BCUT2D eigenvalue weighted by atomic mass is 79.9. The average Bonchev–Trinajstić information content (AvgIpc) is 3.66. The maximum absolute atomic E-state index is 4.62. The molecule has 0 aliphatic heterocycles. The van der Waals surface area contributed by atoms with E-state index in [1.807, 2.05) is 0 Å². The molecule has 0 spiro atoms. The van der Waals surface area contributed by atoms with E-state index in [9.17, 15) is 0 Å². The number of aromatic amines is 1. The standard InChI is InChI=1S/C22H21BrN6S/c23-18-10-25-22(27-21(18)26-20-8-19(28-29-20)12-4-5-12)24-9-15-6-14(11-30-15)16-3-1-2-13-7-17(13)16/h1-3,6,8,10-13,17H,4-5,7,9H2,(H3,24,25,26,27,28,29). The third kappa shape index (κ3) is 3.70. The van der Waals surface area contributed by atoms with Crippen LogP contribution in [0.5, 0.6) is 0 Å². The number of allylic oxidation sites excluding steroid dienone is 4. The number of nitrogens with zero attached hydrogens (tertiary/aromatic N) is 3. The van der Waals surface area contributed by atoms with Gasteiger partial charge in [0.2, 0.25) is 5.95 Å². The van der Waals surface area contributed by atoms with E-state index in [1.165, 1.54) is 41.0 Å². The fraction of sp³-hybridized carbons (Fsp3) is 0.318. The first kappa shape index (κ1) is 18.3. The first-order valence-electron chi connectivity index (χ1n) is 10.3. The van der Waals surface area contributed by atoms with Crippen molar-refractivity contribution in [2.45, 2.75) is 31.7 Å². The first-order chi connectivity index (χ1) is 14.7. The van der Waals surface area contributed by atoms with Crippen LogP contribution in [0.25, 0.3) is 5.57 Å². The number of H-pyrrole nitrogens is 1. The molecular weight excluding hydrogens is 460 g/mol. The van der Waals surface area contributed by atoms with Crippen LogP contribution in [0.3, 0.4) is 0 Å². The van der Waals surface area contributed by atoms with Crippen LogP contribution >= 0.6 is 27.3 Å². The normalized spacial score (nSPS) is 21.8. The molecule has 2 fully saturated rings. The molecule has 8 heteroatoms. The quantitative estimate of drug-likeness (QED) is 0.395. The molecule has 2 unspecified atom stereocenters. The second kappa shape index (κ2) is 7.35. The molecule has 6 nitrogen and oxygen atoms in total. The van der Waals surface area contributed by atoms with Crippen molar-refractivity contribution >= 4 is 50.4 Å². The molecular formula is C22H21BrN6S. The Morgan fingerprint density at radius 1 is 1.27 bits per heavy atom. The second-order valence-electron chi connectivity index (χ2n) is 8.17. The lowest BCUT2D eigenvalue weighted by atomic mass is 9.99. The van der Waals surface area contributed by atoms with Gasteiger partial charge in [-0.2, -0.15) is 10.1 Å². The zero-order valence-electron chi connectivity index (χ0n) is 16.2. The summed E-state index contributed by atoms with van der Waals surface area (Å²) in [5, 5.41) is 16.4. The van der Waals surface area contributed by atoms with Gasteiger partial charge in [0, 0.05) is 28.8 Å². The van der Waals surface area contributed by atoms with Crippen molar-refractivity contribution in [1.29, 1.82) is 0 Å². The molecule has 0 radical (unpaired) electrons. The summed E-state index contributed by atoms with van der Waals surface area (Å²) < 4.78 is 0.804. The van der Waals surface area contributed by atoms with Gasteiger partial charge in [-0.15, -0.1) is 11.3 Å². The van der Waals surface area contributed by atoms with Crippen molar-refractivity contribution in [3.05, 3.63) is 62.5 Å². The summed E-state index contributed by atoms with van der Waals surface area (Å²) in [7, 11) is 0. The van der Waals surface area contributed by atoms with Gasteiger partial charge in [0.25, 0.3) is 0 Å². The molecule has 3 aliphatic carbocycles. The lowest BCUT2D eigenvalue weighted by Gasteiger charge is -2.08. The fourth-order valence-electron chi connectivity index (χ4n) is 3.98. The van der Waals surface area contributed by atoms with E-state index in [-0.39, 0.29) is 0 Å². The number of hydrogen-bond acceptors (Lipinski definition) is 6. The highest BCUT2D eigenvalue weighted by molar-refractivity contribution is 9.10. The molecule has 2 saturated carbocycles. The largest absolute Gasteiger partial charge is 0.349 e. The Morgan fingerprint density at radius 3 is 3.10 bits per heavy atom. The van der Waals surface area contributed by atoms with Crippen molar-refractivity contribution in [2.24, 2.45) is 11.8 Å². The van der Waals surface area contributed by atoms with Crippen LogP contribution < -0.4 is 10.6 Å². The number of nitrogens with one attached hydrogen (secondary N) is 3. The number of halogens is 1. The number of anilines is 3. The van der Waals surface area contributed by atoms with Gasteiger partial charge in [-0.25, -0.2) is 4.98 Å². The molecule has 152 valence electrons.